The number of hydrogen-bond acceptors (Lipinski definition) is 2. The van der Waals surface area contributed by atoms with Crippen molar-refractivity contribution < 1.29 is 4.79 Å². The molecule has 0 bridgehead atoms. The van der Waals surface area contributed by atoms with Gasteiger partial charge in [-0.3, -0.25) is 4.79 Å². The van der Waals surface area contributed by atoms with E-state index in [1.165, 1.54) is 0 Å². The molecule has 1 unspecified atom stereocenters. The molecule has 0 saturated carbocycles. The maximum atomic E-state index is 12.5. The van der Waals surface area contributed by atoms with Gasteiger partial charge in [0.15, 0.2) is 0 Å². The number of aryl methyl sites for hydroxylation is 1. The molecule has 1 aliphatic rings. The number of amides is 1. The molecule has 1 saturated heterocycles. The van der Waals surface area contributed by atoms with Gasteiger partial charge in [0.2, 0.25) is 0 Å². The van der Waals surface area contributed by atoms with Gasteiger partial charge in [0.1, 0.15) is 0 Å². The molecule has 2 N–H and O–H groups in total. The summed E-state index contributed by atoms with van der Waals surface area (Å²) in [5, 5.41) is 0. The van der Waals surface area contributed by atoms with Gasteiger partial charge in [-0.25, -0.2) is 0 Å². The van der Waals surface area contributed by atoms with Crippen LogP contribution in [0, 0.1) is 10.5 Å². The molecule has 1 aromatic rings. The predicted octanol–water partition coefficient (Wildman–Crippen LogP) is 2.58. The molecule has 0 spiro atoms. The van der Waals surface area contributed by atoms with Crippen molar-refractivity contribution in [2.45, 2.75) is 25.8 Å². The molecule has 1 amide bonds. The third-order valence-corrected chi connectivity index (χ3v) is 4.20. The fourth-order valence-electron chi connectivity index (χ4n) is 2.31. The van der Waals surface area contributed by atoms with Gasteiger partial charge in [-0.05, 0) is 54.5 Å². The Morgan fingerprint density at radius 3 is 2.94 bits per heavy atom. The average Bonchev–Trinajstić information content (AvgIpc) is 2.79. The van der Waals surface area contributed by atoms with Crippen LogP contribution in [0.25, 0.3) is 0 Å². The van der Waals surface area contributed by atoms with Gasteiger partial charge in [0.25, 0.3) is 5.91 Å². The largest absolute Gasteiger partial charge is 0.334 e. The second-order valence-electron chi connectivity index (χ2n) is 4.51. The first kappa shape index (κ1) is 15.7. The molecule has 3 nitrogen and oxygen atoms in total. The summed E-state index contributed by atoms with van der Waals surface area (Å²) in [7, 11) is 0. The van der Waals surface area contributed by atoms with E-state index in [1.807, 2.05) is 30.0 Å². The number of nitrogens with two attached hydrogens (primary N) is 1. The van der Waals surface area contributed by atoms with Gasteiger partial charge in [-0.1, -0.05) is 11.6 Å². The van der Waals surface area contributed by atoms with Crippen LogP contribution in [0.3, 0.4) is 0 Å². The van der Waals surface area contributed by atoms with E-state index in [-0.39, 0.29) is 24.4 Å². The van der Waals surface area contributed by atoms with Crippen molar-refractivity contribution in [1.82, 2.24) is 4.90 Å². The summed E-state index contributed by atoms with van der Waals surface area (Å²) in [5.74, 6) is 0.131. The van der Waals surface area contributed by atoms with Gasteiger partial charge < -0.3 is 10.6 Å². The fraction of sp³-hybridized carbons (Fsp3) is 0.462. The van der Waals surface area contributed by atoms with E-state index >= 15 is 0 Å². The lowest BCUT2D eigenvalue weighted by molar-refractivity contribution is 0.0740. The van der Waals surface area contributed by atoms with Crippen molar-refractivity contribution in [3.63, 3.8) is 0 Å². The number of halogens is 2. The second kappa shape index (κ2) is 6.73. The third-order valence-electron chi connectivity index (χ3n) is 3.26. The Labute approximate surface area is 128 Å². The van der Waals surface area contributed by atoms with E-state index in [2.05, 4.69) is 22.6 Å². The monoisotopic (exact) mass is 380 g/mol. The molecule has 100 valence electrons. The molecule has 0 radical (unpaired) electrons. The van der Waals surface area contributed by atoms with Crippen molar-refractivity contribution in [3.05, 3.63) is 32.9 Å². The van der Waals surface area contributed by atoms with E-state index in [0.717, 1.165) is 34.1 Å². The minimum atomic E-state index is 0. The molecular weight excluding hydrogens is 363 g/mol. The number of benzene rings is 1. The summed E-state index contributed by atoms with van der Waals surface area (Å²) in [6.07, 6.45) is 2.10. The van der Waals surface area contributed by atoms with E-state index in [9.17, 15) is 4.79 Å². The van der Waals surface area contributed by atoms with Gasteiger partial charge in [-0.15, -0.1) is 12.4 Å². The van der Waals surface area contributed by atoms with Crippen LogP contribution in [0.2, 0.25) is 0 Å². The normalized spacial score (nSPS) is 18.6. The van der Waals surface area contributed by atoms with Gasteiger partial charge in [0.05, 0.1) is 5.56 Å². The van der Waals surface area contributed by atoms with Gasteiger partial charge >= 0.3 is 0 Å². The summed E-state index contributed by atoms with van der Waals surface area (Å²) in [5.41, 5.74) is 7.65. The number of carbonyl (C=O) groups excluding carboxylic acids is 1. The molecule has 0 aromatic heterocycles. The van der Waals surface area contributed by atoms with Crippen LogP contribution in [0.5, 0.6) is 0 Å². The molecular formula is C13H18ClIN2O. The molecule has 1 atom stereocenters. The molecule has 1 aromatic carbocycles. The summed E-state index contributed by atoms with van der Waals surface area (Å²) < 4.78 is 1.01. The van der Waals surface area contributed by atoms with Crippen LogP contribution in [0.4, 0.5) is 0 Å². The Morgan fingerprint density at radius 1 is 1.56 bits per heavy atom. The molecule has 18 heavy (non-hydrogen) atoms. The Hall–Kier alpha value is -0.330. The number of likely N-dealkylation sites (tertiary alicyclic amines) is 1. The van der Waals surface area contributed by atoms with Crippen molar-refractivity contribution >= 4 is 40.9 Å². The van der Waals surface area contributed by atoms with Crippen molar-refractivity contribution in [1.29, 1.82) is 0 Å². The number of hydrogen-bond donors (Lipinski definition) is 1. The summed E-state index contributed by atoms with van der Waals surface area (Å²) in [6.45, 7) is 3.41. The Bertz CT molecular complexity index is 439. The van der Waals surface area contributed by atoms with Crippen molar-refractivity contribution in [2.75, 3.05) is 13.1 Å². The van der Waals surface area contributed by atoms with E-state index in [4.69, 9.17) is 5.73 Å². The highest BCUT2D eigenvalue weighted by Crippen LogP contribution is 2.22. The standard InChI is InChI=1S/C13H17IN2O.ClH/c1-9-4-5-12(14)11(7-9)13(17)16-6-2-3-10(16)8-15;/h4-5,7,10H,2-3,6,8,15H2,1H3;1H. The molecule has 2 rings (SSSR count). The van der Waals surface area contributed by atoms with E-state index < -0.39 is 0 Å². The van der Waals surface area contributed by atoms with Crippen LogP contribution < -0.4 is 5.73 Å². The lowest BCUT2D eigenvalue weighted by Crippen LogP contribution is -2.40. The van der Waals surface area contributed by atoms with E-state index in [1.54, 1.807) is 0 Å². The van der Waals surface area contributed by atoms with Crippen molar-refractivity contribution in [3.8, 4) is 0 Å². The van der Waals surface area contributed by atoms with Crippen LogP contribution in [-0.4, -0.2) is 29.9 Å². The zero-order valence-corrected chi connectivity index (χ0v) is 13.3. The smallest absolute Gasteiger partial charge is 0.255 e. The minimum absolute atomic E-state index is 0. The highest BCUT2D eigenvalue weighted by atomic mass is 127. The SMILES string of the molecule is Cc1ccc(I)c(C(=O)N2CCCC2CN)c1.Cl. The quantitative estimate of drug-likeness (QED) is 0.802. The molecule has 1 aliphatic heterocycles. The number of nitrogens with zero attached hydrogens (tertiary/aromatic N) is 1. The molecule has 1 heterocycles. The molecule has 1 fully saturated rings. The maximum absolute atomic E-state index is 12.5. The highest BCUT2D eigenvalue weighted by Gasteiger charge is 2.29. The summed E-state index contributed by atoms with van der Waals surface area (Å²) in [4.78, 5) is 14.4. The van der Waals surface area contributed by atoms with Gasteiger partial charge in [0, 0.05) is 22.7 Å². The van der Waals surface area contributed by atoms with Crippen LogP contribution in [0.15, 0.2) is 18.2 Å². The second-order valence-corrected chi connectivity index (χ2v) is 5.68. The van der Waals surface area contributed by atoms with E-state index in [0.29, 0.717) is 6.54 Å². The summed E-state index contributed by atoms with van der Waals surface area (Å²) in [6, 6.07) is 6.22. The third kappa shape index (κ3) is 3.16. The van der Waals surface area contributed by atoms with Crippen LogP contribution in [0.1, 0.15) is 28.8 Å². The Kier molecular flexibility index (Phi) is 5.88. The zero-order valence-electron chi connectivity index (χ0n) is 10.4. The first-order chi connectivity index (χ1) is 8.13. The zero-order chi connectivity index (χ0) is 12.4. The Balaban J connectivity index is 0.00000162. The topological polar surface area (TPSA) is 46.3 Å². The fourth-order valence-corrected chi connectivity index (χ4v) is 2.87. The van der Waals surface area contributed by atoms with Crippen LogP contribution in [-0.2, 0) is 0 Å². The highest BCUT2D eigenvalue weighted by molar-refractivity contribution is 14.1. The van der Waals surface area contributed by atoms with Crippen molar-refractivity contribution in [2.24, 2.45) is 5.73 Å². The lowest BCUT2D eigenvalue weighted by Gasteiger charge is -2.24. The first-order valence-electron chi connectivity index (χ1n) is 5.90. The van der Waals surface area contributed by atoms with Gasteiger partial charge in [-0.2, -0.15) is 0 Å². The maximum Gasteiger partial charge on any atom is 0.255 e. The summed E-state index contributed by atoms with van der Waals surface area (Å²) >= 11 is 2.22. The Morgan fingerprint density at radius 2 is 2.28 bits per heavy atom. The van der Waals surface area contributed by atoms with Crippen LogP contribution >= 0.6 is 35.0 Å². The number of carbonyl (C=O) groups is 1. The first-order valence-corrected chi connectivity index (χ1v) is 6.98. The number of rotatable bonds is 2. The lowest BCUT2D eigenvalue weighted by atomic mass is 10.1. The molecule has 5 heteroatoms. The molecule has 0 aliphatic carbocycles. The average molecular weight is 381 g/mol. The predicted molar refractivity (Wildman–Crippen MR) is 84.3 cm³/mol. The minimum Gasteiger partial charge on any atom is -0.334 e.